The van der Waals surface area contributed by atoms with Crippen molar-refractivity contribution in [3.05, 3.63) is 29.3 Å². The van der Waals surface area contributed by atoms with Crippen molar-refractivity contribution in [2.75, 3.05) is 11.4 Å². The van der Waals surface area contributed by atoms with Gasteiger partial charge in [0.25, 0.3) is 0 Å². The molecule has 0 aromatic heterocycles. The second kappa shape index (κ2) is 4.25. The highest BCUT2D eigenvalue weighted by Gasteiger charge is 2.42. The summed E-state index contributed by atoms with van der Waals surface area (Å²) in [6, 6.07) is 4.08. The lowest BCUT2D eigenvalue weighted by atomic mass is 10.0. The van der Waals surface area contributed by atoms with Crippen LogP contribution in [0.4, 0.5) is 18.9 Å². The molecule has 2 nitrogen and oxygen atoms in total. The van der Waals surface area contributed by atoms with Crippen molar-refractivity contribution in [2.24, 2.45) is 5.92 Å². The zero-order valence-electron chi connectivity index (χ0n) is 10.3. The molecule has 0 spiro atoms. The Labute approximate surface area is 109 Å². The van der Waals surface area contributed by atoms with E-state index in [1.807, 2.05) is 4.90 Å². The third kappa shape index (κ3) is 2.11. The van der Waals surface area contributed by atoms with E-state index in [4.69, 9.17) is 0 Å². The van der Waals surface area contributed by atoms with E-state index in [2.05, 4.69) is 0 Å². The summed E-state index contributed by atoms with van der Waals surface area (Å²) in [6.45, 7) is 0.703. The van der Waals surface area contributed by atoms with Gasteiger partial charge in [0.1, 0.15) is 6.29 Å². The van der Waals surface area contributed by atoms with E-state index >= 15 is 0 Å². The van der Waals surface area contributed by atoms with Gasteiger partial charge in [0.2, 0.25) is 0 Å². The quantitative estimate of drug-likeness (QED) is 0.766. The first kappa shape index (κ1) is 12.5. The molecule has 102 valence electrons. The van der Waals surface area contributed by atoms with Gasteiger partial charge in [-0.3, -0.25) is 4.79 Å². The highest BCUT2D eigenvalue weighted by atomic mass is 19.4. The first-order valence-corrected chi connectivity index (χ1v) is 6.42. The Bertz CT molecular complexity index is 512. The van der Waals surface area contributed by atoms with Crippen LogP contribution in [0.3, 0.4) is 0 Å². The average Bonchev–Trinajstić information content (AvgIpc) is 2.99. The minimum absolute atomic E-state index is 0.0698. The molecule has 1 aromatic carbocycles. The van der Waals surface area contributed by atoms with Crippen molar-refractivity contribution in [3.8, 4) is 0 Å². The number of carbonyl (C=O) groups excluding carboxylic acids is 1. The molecule has 1 saturated carbocycles. The standard InChI is InChI=1S/C14H14F3NO/c15-14(16,17)12-6-10(8-19)2-4-13(12)18-7-9-1-3-11(18)5-9/h2,4,6,8-9,11H,1,3,5,7H2. The fraction of sp³-hybridized carbons (Fsp3) is 0.500. The van der Waals surface area contributed by atoms with E-state index < -0.39 is 11.7 Å². The molecular formula is C14H14F3NO. The van der Waals surface area contributed by atoms with E-state index in [0.717, 1.165) is 25.3 Å². The monoisotopic (exact) mass is 269 g/mol. The molecule has 3 rings (SSSR count). The summed E-state index contributed by atoms with van der Waals surface area (Å²) in [4.78, 5) is 12.5. The zero-order chi connectivity index (χ0) is 13.6. The minimum Gasteiger partial charge on any atom is -0.368 e. The van der Waals surface area contributed by atoms with Gasteiger partial charge in [0.15, 0.2) is 0 Å². The summed E-state index contributed by atoms with van der Waals surface area (Å²) in [5.74, 6) is 0.525. The molecule has 0 radical (unpaired) electrons. The molecule has 2 bridgehead atoms. The molecular weight excluding hydrogens is 255 g/mol. The number of aldehydes is 1. The van der Waals surface area contributed by atoms with Gasteiger partial charge in [0.05, 0.1) is 5.56 Å². The van der Waals surface area contributed by atoms with Crippen LogP contribution in [-0.4, -0.2) is 18.9 Å². The average molecular weight is 269 g/mol. The van der Waals surface area contributed by atoms with Crippen molar-refractivity contribution in [3.63, 3.8) is 0 Å². The van der Waals surface area contributed by atoms with Gasteiger partial charge in [-0.05, 0) is 43.4 Å². The Morgan fingerprint density at radius 1 is 1.26 bits per heavy atom. The number of nitrogens with zero attached hydrogens (tertiary/aromatic N) is 1. The first-order valence-electron chi connectivity index (χ1n) is 6.42. The summed E-state index contributed by atoms with van der Waals surface area (Å²) in [7, 11) is 0. The maximum atomic E-state index is 13.1. The van der Waals surface area contributed by atoms with Crippen LogP contribution in [0.5, 0.6) is 0 Å². The van der Waals surface area contributed by atoms with Gasteiger partial charge >= 0.3 is 6.18 Å². The van der Waals surface area contributed by atoms with E-state index in [1.165, 1.54) is 12.1 Å². The first-order chi connectivity index (χ1) is 8.99. The maximum absolute atomic E-state index is 13.1. The molecule has 5 heteroatoms. The van der Waals surface area contributed by atoms with Crippen LogP contribution in [0, 0.1) is 5.92 Å². The van der Waals surface area contributed by atoms with Crippen molar-refractivity contribution < 1.29 is 18.0 Å². The lowest BCUT2D eigenvalue weighted by molar-refractivity contribution is -0.137. The Kier molecular flexibility index (Phi) is 2.80. The summed E-state index contributed by atoms with van der Waals surface area (Å²) in [5.41, 5.74) is -0.393. The Morgan fingerprint density at radius 2 is 2.05 bits per heavy atom. The molecule has 1 heterocycles. The van der Waals surface area contributed by atoms with Crippen molar-refractivity contribution in [1.82, 2.24) is 0 Å². The van der Waals surface area contributed by atoms with Crippen LogP contribution in [0.15, 0.2) is 18.2 Å². The van der Waals surface area contributed by atoms with Crippen molar-refractivity contribution >= 4 is 12.0 Å². The maximum Gasteiger partial charge on any atom is 0.418 e. The van der Waals surface area contributed by atoms with E-state index in [9.17, 15) is 18.0 Å². The topological polar surface area (TPSA) is 20.3 Å². The molecule has 19 heavy (non-hydrogen) atoms. The van der Waals surface area contributed by atoms with Crippen LogP contribution in [-0.2, 0) is 6.18 Å². The number of rotatable bonds is 2. The fourth-order valence-corrected chi connectivity index (χ4v) is 3.32. The van der Waals surface area contributed by atoms with E-state index in [0.29, 0.717) is 18.7 Å². The Balaban J connectivity index is 2.03. The van der Waals surface area contributed by atoms with Gasteiger partial charge in [-0.25, -0.2) is 0 Å². The number of hydrogen-bond donors (Lipinski definition) is 0. The molecule has 0 amide bonds. The lowest BCUT2D eigenvalue weighted by Crippen LogP contribution is -2.33. The normalized spacial score (nSPS) is 25.9. The van der Waals surface area contributed by atoms with Gasteiger partial charge < -0.3 is 4.90 Å². The van der Waals surface area contributed by atoms with Crippen molar-refractivity contribution in [1.29, 1.82) is 0 Å². The summed E-state index contributed by atoms with van der Waals surface area (Å²) in [6.07, 6.45) is -0.885. The zero-order valence-corrected chi connectivity index (χ0v) is 10.3. The molecule has 2 unspecified atom stereocenters. The number of anilines is 1. The molecule has 2 fully saturated rings. The SMILES string of the molecule is O=Cc1ccc(N2CC3CCC2C3)c(C(F)(F)F)c1. The highest BCUT2D eigenvalue weighted by Crippen LogP contribution is 2.44. The van der Waals surface area contributed by atoms with Crippen LogP contribution in [0.25, 0.3) is 0 Å². The van der Waals surface area contributed by atoms with E-state index in [-0.39, 0.29) is 17.3 Å². The number of hydrogen-bond acceptors (Lipinski definition) is 2. The third-order valence-corrected chi connectivity index (χ3v) is 4.18. The van der Waals surface area contributed by atoms with E-state index in [1.54, 1.807) is 0 Å². The summed E-state index contributed by atoms with van der Waals surface area (Å²) < 4.78 is 39.4. The summed E-state index contributed by atoms with van der Waals surface area (Å²) in [5, 5.41) is 0. The molecule has 2 aliphatic rings. The smallest absolute Gasteiger partial charge is 0.368 e. The van der Waals surface area contributed by atoms with Crippen LogP contribution < -0.4 is 4.90 Å². The van der Waals surface area contributed by atoms with Crippen LogP contribution >= 0.6 is 0 Å². The second-order valence-corrected chi connectivity index (χ2v) is 5.38. The molecule has 1 aliphatic heterocycles. The number of carbonyl (C=O) groups is 1. The van der Waals surface area contributed by atoms with Crippen molar-refractivity contribution in [2.45, 2.75) is 31.5 Å². The number of alkyl halides is 3. The van der Waals surface area contributed by atoms with Gasteiger partial charge in [-0.2, -0.15) is 13.2 Å². The highest BCUT2D eigenvalue weighted by molar-refractivity contribution is 5.77. The predicted molar refractivity (Wildman–Crippen MR) is 65.3 cm³/mol. The van der Waals surface area contributed by atoms with Gasteiger partial charge in [-0.15, -0.1) is 0 Å². The Hall–Kier alpha value is -1.52. The number of piperidine rings is 1. The lowest BCUT2D eigenvalue weighted by Gasteiger charge is -2.31. The number of halogens is 3. The molecule has 2 atom stereocenters. The second-order valence-electron chi connectivity index (χ2n) is 5.38. The largest absolute Gasteiger partial charge is 0.418 e. The number of fused-ring (bicyclic) bond motifs is 2. The molecule has 1 aliphatic carbocycles. The van der Waals surface area contributed by atoms with Gasteiger partial charge in [0, 0.05) is 23.8 Å². The third-order valence-electron chi connectivity index (χ3n) is 4.18. The minimum atomic E-state index is -4.42. The van der Waals surface area contributed by atoms with Gasteiger partial charge in [-0.1, -0.05) is 0 Å². The van der Waals surface area contributed by atoms with Crippen LogP contribution in [0.1, 0.15) is 35.2 Å². The molecule has 0 N–H and O–H groups in total. The molecule has 1 saturated heterocycles. The predicted octanol–water partition coefficient (Wildman–Crippen LogP) is 3.51. The molecule has 1 aromatic rings. The fourth-order valence-electron chi connectivity index (χ4n) is 3.32. The van der Waals surface area contributed by atoms with Crippen LogP contribution in [0.2, 0.25) is 0 Å². The summed E-state index contributed by atoms with van der Waals surface area (Å²) >= 11 is 0. The Morgan fingerprint density at radius 3 is 2.58 bits per heavy atom. The number of benzene rings is 1.